The number of benzene rings is 1. The third-order valence-electron chi connectivity index (χ3n) is 5.49. The molecule has 32 heavy (non-hydrogen) atoms. The SMILES string of the molecule is Cc1ccnc(NC(=O)C2CCN(Cn3nc(Nc4ccc(C)c(Cl)c4)sc3=S)CC2)c1. The molecule has 10 heteroatoms. The highest BCUT2D eigenvalue weighted by atomic mass is 35.5. The minimum absolute atomic E-state index is 0.0134. The van der Waals surface area contributed by atoms with E-state index in [1.165, 1.54) is 11.3 Å². The van der Waals surface area contributed by atoms with Crippen molar-refractivity contribution in [2.45, 2.75) is 33.4 Å². The van der Waals surface area contributed by atoms with Crippen LogP contribution in [-0.2, 0) is 11.5 Å². The molecule has 168 valence electrons. The summed E-state index contributed by atoms with van der Waals surface area (Å²) < 4.78 is 2.53. The molecule has 1 saturated heterocycles. The fourth-order valence-electron chi connectivity index (χ4n) is 3.60. The number of anilines is 3. The monoisotopic (exact) mass is 488 g/mol. The number of nitrogens with zero attached hydrogens (tertiary/aromatic N) is 4. The van der Waals surface area contributed by atoms with Crippen LogP contribution in [0.15, 0.2) is 36.5 Å². The minimum Gasteiger partial charge on any atom is -0.330 e. The molecule has 1 aromatic carbocycles. The van der Waals surface area contributed by atoms with Gasteiger partial charge in [0.25, 0.3) is 0 Å². The van der Waals surface area contributed by atoms with E-state index >= 15 is 0 Å². The van der Waals surface area contributed by atoms with Gasteiger partial charge in [-0.15, -0.1) is 5.10 Å². The van der Waals surface area contributed by atoms with Gasteiger partial charge >= 0.3 is 0 Å². The molecule has 3 heterocycles. The normalized spacial score (nSPS) is 15.0. The van der Waals surface area contributed by atoms with E-state index in [-0.39, 0.29) is 11.8 Å². The first kappa shape index (κ1) is 22.8. The average Bonchev–Trinajstić information content (AvgIpc) is 3.10. The van der Waals surface area contributed by atoms with E-state index in [0.29, 0.717) is 21.5 Å². The molecule has 0 spiro atoms. The Balaban J connectivity index is 1.30. The molecule has 7 nitrogen and oxygen atoms in total. The van der Waals surface area contributed by atoms with Gasteiger partial charge in [0.05, 0.1) is 6.67 Å². The van der Waals surface area contributed by atoms with Crippen molar-refractivity contribution in [3.8, 4) is 0 Å². The van der Waals surface area contributed by atoms with Gasteiger partial charge < -0.3 is 10.6 Å². The van der Waals surface area contributed by atoms with E-state index in [1.807, 2.05) is 48.9 Å². The summed E-state index contributed by atoms with van der Waals surface area (Å²) in [5.74, 6) is 0.637. The summed E-state index contributed by atoms with van der Waals surface area (Å²) in [4.78, 5) is 19.1. The molecule has 0 unspecified atom stereocenters. The zero-order valence-electron chi connectivity index (χ0n) is 18.0. The lowest BCUT2D eigenvalue weighted by Crippen LogP contribution is -2.39. The van der Waals surface area contributed by atoms with Crippen LogP contribution in [0.1, 0.15) is 24.0 Å². The Kier molecular flexibility index (Phi) is 7.20. The highest BCUT2D eigenvalue weighted by Gasteiger charge is 2.25. The van der Waals surface area contributed by atoms with Crippen LogP contribution in [0.4, 0.5) is 16.6 Å². The number of carbonyl (C=O) groups excluding carboxylic acids is 1. The van der Waals surface area contributed by atoms with E-state index in [1.54, 1.807) is 6.20 Å². The molecular formula is C22H25ClN6OS2. The summed E-state index contributed by atoms with van der Waals surface area (Å²) >= 11 is 13.1. The summed E-state index contributed by atoms with van der Waals surface area (Å²) in [5.41, 5.74) is 2.98. The molecule has 1 aliphatic heterocycles. The zero-order valence-corrected chi connectivity index (χ0v) is 20.4. The fourth-order valence-corrected chi connectivity index (χ4v) is 4.79. The largest absolute Gasteiger partial charge is 0.330 e. The predicted octanol–water partition coefficient (Wildman–Crippen LogP) is 5.39. The number of nitrogens with one attached hydrogen (secondary N) is 2. The van der Waals surface area contributed by atoms with Crippen molar-refractivity contribution in [1.29, 1.82) is 0 Å². The van der Waals surface area contributed by atoms with Crippen molar-refractivity contribution in [1.82, 2.24) is 19.7 Å². The Morgan fingerprint density at radius 3 is 2.75 bits per heavy atom. The first-order valence-electron chi connectivity index (χ1n) is 10.4. The van der Waals surface area contributed by atoms with E-state index < -0.39 is 0 Å². The third-order valence-corrected chi connectivity index (χ3v) is 7.12. The molecule has 1 aliphatic rings. The Hall–Kier alpha value is -2.33. The maximum absolute atomic E-state index is 12.6. The van der Waals surface area contributed by atoms with Crippen LogP contribution in [0.5, 0.6) is 0 Å². The van der Waals surface area contributed by atoms with Crippen molar-refractivity contribution in [3.63, 3.8) is 0 Å². The lowest BCUT2D eigenvalue weighted by molar-refractivity contribution is -0.121. The summed E-state index contributed by atoms with van der Waals surface area (Å²) in [6.07, 6.45) is 3.30. The van der Waals surface area contributed by atoms with E-state index in [4.69, 9.17) is 23.8 Å². The van der Waals surface area contributed by atoms with Crippen molar-refractivity contribution >= 4 is 57.7 Å². The highest BCUT2D eigenvalue weighted by Crippen LogP contribution is 2.26. The third kappa shape index (κ3) is 5.72. The number of likely N-dealkylation sites (tertiary alicyclic amines) is 1. The number of aryl methyl sites for hydroxylation is 2. The molecule has 1 amide bonds. The second-order valence-corrected chi connectivity index (χ2v) is 10.0. The number of carbonyl (C=O) groups is 1. The molecule has 4 rings (SSSR count). The number of piperidine rings is 1. The number of rotatable bonds is 6. The minimum atomic E-state index is -0.0134. The second kappa shape index (κ2) is 10.1. The van der Waals surface area contributed by atoms with Crippen molar-refractivity contribution in [3.05, 3.63) is 56.6 Å². The molecule has 3 aromatic rings. The molecule has 0 aliphatic carbocycles. The molecule has 0 atom stereocenters. The Morgan fingerprint density at radius 2 is 2.03 bits per heavy atom. The number of aromatic nitrogens is 3. The van der Waals surface area contributed by atoms with Gasteiger partial charge in [0.2, 0.25) is 11.0 Å². The summed E-state index contributed by atoms with van der Waals surface area (Å²) in [6, 6.07) is 9.61. The fraction of sp³-hybridized carbons (Fsp3) is 0.364. The second-order valence-electron chi connectivity index (χ2n) is 8.00. The predicted molar refractivity (Wildman–Crippen MR) is 132 cm³/mol. The number of amides is 1. The average molecular weight is 489 g/mol. The Morgan fingerprint density at radius 1 is 1.25 bits per heavy atom. The first-order chi connectivity index (χ1) is 15.4. The summed E-state index contributed by atoms with van der Waals surface area (Å²) in [6.45, 7) is 6.19. The molecule has 2 N–H and O–H groups in total. The number of halogens is 1. The van der Waals surface area contributed by atoms with Crippen LogP contribution >= 0.6 is 35.2 Å². The lowest BCUT2D eigenvalue weighted by Gasteiger charge is -2.30. The topological polar surface area (TPSA) is 75.1 Å². The van der Waals surface area contributed by atoms with Crippen molar-refractivity contribution < 1.29 is 4.79 Å². The molecule has 2 aromatic heterocycles. The van der Waals surface area contributed by atoms with Gasteiger partial charge in [-0.1, -0.05) is 29.0 Å². The van der Waals surface area contributed by atoms with Crippen molar-refractivity contribution in [2.75, 3.05) is 23.7 Å². The number of hydrogen-bond donors (Lipinski definition) is 2. The van der Waals surface area contributed by atoms with Gasteiger partial charge in [-0.2, -0.15) is 0 Å². The molecule has 0 radical (unpaired) electrons. The number of hydrogen-bond acceptors (Lipinski definition) is 7. The van der Waals surface area contributed by atoms with E-state index in [2.05, 4.69) is 25.6 Å². The van der Waals surface area contributed by atoms with Gasteiger partial charge in [0.1, 0.15) is 5.82 Å². The standard InChI is InChI=1S/C22H25ClN6OS2/c1-14-5-8-24-19(11-14)26-20(30)16-6-9-28(10-7-16)13-29-22(31)32-21(27-29)25-17-4-3-15(2)18(23)12-17/h3-5,8,11-12,16H,6-7,9-10,13H2,1-2H3,(H,25,27)(H,24,26,30). The van der Waals surface area contributed by atoms with Crippen LogP contribution in [-0.4, -0.2) is 38.7 Å². The summed E-state index contributed by atoms with van der Waals surface area (Å²) in [7, 11) is 0. The first-order valence-corrected chi connectivity index (χ1v) is 12.0. The van der Waals surface area contributed by atoms with E-state index in [9.17, 15) is 4.79 Å². The van der Waals surface area contributed by atoms with Gasteiger partial charge in [0.15, 0.2) is 3.95 Å². The van der Waals surface area contributed by atoms with Crippen molar-refractivity contribution in [2.24, 2.45) is 5.92 Å². The van der Waals surface area contributed by atoms with E-state index in [0.717, 1.165) is 47.9 Å². The maximum Gasteiger partial charge on any atom is 0.228 e. The van der Waals surface area contributed by atoms with Gasteiger partial charge in [0, 0.05) is 35.9 Å². The molecule has 0 saturated carbocycles. The van der Waals surface area contributed by atoms with Gasteiger partial charge in [-0.05, 0) is 74.3 Å². The molecular weight excluding hydrogens is 464 g/mol. The maximum atomic E-state index is 12.6. The Bertz CT molecular complexity index is 1170. The molecule has 0 bridgehead atoms. The highest BCUT2D eigenvalue weighted by molar-refractivity contribution is 7.73. The van der Waals surface area contributed by atoms with Crippen LogP contribution in [0.3, 0.4) is 0 Å². The Labute approximate surface area is 201 Å². The van der Waals surface area contributed by atoms with Gasteiger partial charge in [-0.3, -0.25) is 9.69 Å². The zero-order chi connectivity index (χ0) is 22.7. The summed E-state index contributed by atoms with van der Waals surface area (Å²) in [5, 5.41) is 12.3. The molecule has 1 fully saturated rings. The number of pyridine rings is 1. The van der Waals surface area contributed by atoms with Crippen LogP contribution in [0, 0.1) is 23.7 Å². The van der Waals surface area contributed by atoms with Crippen LogP contribution in [0.25, 0.3) is 0 Å². The quantitative estimate of drug-likeness (QED) is 0.453. The van der Waals surface area contributed by atoms with Crippen LogP contribution in [0.2, 0.25) is 5.02 Å². The lowest BCUT2D eigenvalue weighted by atomic mass is 9.96. The smallest absolute Gasteiger partial charge is 0.228 e. The van der Waals surface area contributed by atoms with Crippen LogP contribution < -0.4 is 10.6 Å². The van der Waals surface area contributed by atoms with Gasteiger partial charge in [-0.25, -0.2) is 9.67 Å².